The Morgan fingerprint density at radius 2 is 2.11 bits per heavy atom. The highest BCUT2D eigenvalue weighted by molar-refractivity contribution is 7.22. The maximum absolute atomic E-state index is 11.7. The number of carbonyl (C=O) groups excluding carboxylic acids is 1. The summed E-state index contributed by atoms with van der Waals surface area (Å²) in [5.41, 5.74) is 6.99. The number of thiophene rings is 2. The molecule has 0 saturated carbocycles. The molecular weight excluding hydrogens is 313 g/mol. The quantitative estimate of drug-likeness (QED) is 0.844. The van der Waals surface area contributed by atoms with E-state index in [1.165, 1.54) is 22.7 Å². The Hall–Kier alpha value is -0.750. The Balaban J connectivity index is 2.40. The zero-order valence-corrected chi connectivity index (χ0v) is 12.5. The molecule has 7 heteroatoms. The molecule has 2 N–H and O–H groups in total. The van der Waals surface area contributed by atoms with Crippen LogP contribution in [0.4, 0.5) is 5.69 Å². The first-order chi connectivity index (χ1) is 8.52. The molecule has 2 aromatic rings. The maximum atomic E-state index is 11.7. The van der Waals surface area contributed by atoms with Crippen molar-refractivity contribution >= 4 is 57.5 Å². The Bertz CT molecular complexity index is 592. The molecule has 0 unspecified atom stereocenters. The van der Waals surface area contributed by atoms with Gasteiger partial charge in [-0.15, -0.1) is 22.7 Å². The van der Waals surface area contributed by atoms with Crippen molar-refractivity contribution in [1.82, 2.24) is 0 Å². The average Bonchev–Trinajstić information content (AvgIpc) is 2.82. The van der Waals surface area contributed by atoms with E-state index in [-0.39, 0.29) is 0 Å². The summed E-state index contributed by atoms with van der Waals surface area (Å²) in [4.78, 5) is 12.9. The summed E-state index contributed by atoms with van der Waals surface area (Å²) >= 11 is 14.5. The SMILES string of the molecule is CCOC(=O)c1sc(-c2cc(Cl)sc2Cl)cc1N. The molecular formula is C11H9Cl2NO2S2. The van der Waals surface area contributed by atoms with Crippen molar-refractivity contribution < 1.29 is 9.53 Å². The molecule has 0 saturated heterocycles. The van der Waals surface area contributed by atoms with Gasteiger partial charge in [0.25, 0.3) is 0 Å². The third-order valence-corrected chi connectivity index (χ3v) is 4.80. The van der Waals surface area contributed by atoms with Crippen LogP contribution in [0.1, 0.15) is 16.6 Å². The van der Waals surface area contributed by atoms with Crippen LogP contribution in [-0.2, 0) is 4.74 Å². The number of ether oxygens (including phenoxy) is 1. The van der Waals surface area contributed by atoms with E-state index in [1.807, 2.05) is 0 Å². The van der Waals surface area contributed by atoms with Crippen LogP contribution in [0.5, 0.6) is 0 Å². The number of carbonyl (C=O) groups is 1. The molecule has 18 heavy (non-hydrogen) atoms. The van der Waals surface area contributed by atoms with Crippen molar-refractivity contribution in [1.29, 1.82) is 0 Å². The Labute approximate surface area is 122 Å². The molecule has 96 valence electrons. The highest BCUT2D eigenvalue weighted by Crippen LogP contribution is 2.42. The van der Waals surface area contributed by atoms with Crippen molar-refractivity contribution in [3.8, 4) is 10.4 Å². The van der Waals surface area contributed by atoms with E-state index < -0.39 is 5.97 Å². The third-order valence-electron chi connectivity index (χ3n) is 2.14. The largest absolute Gasteiger partial charge is 0.462 e. The van der Waals surface area contributed by atoms with Crippen molar-refractivity contribution in [2.24, 2.45) is 0 Å². The topological polar surface area (TPSA) is 52.3 Å². The van der Waals surface area contributed by atoms with Crippen LogP contribution >= 0.6 is 45.9 Å². The van der Waals surface area contributed by atoms with Gasteiger partial charge in [0, 0.05) is 10.4 Å². The van der Waals surface area contributed by atoms with Crippen LogP contribution < -0.4 is 5.73 Å². The van der Waals surface area contributed by atoms with E-state index in [4.69, 9.17) is 33.7 Å². The van der Waals surface area contributed by atoms with Gasteiger partial charge in [-0.3, -0.25) is 0 Å². The number of anilines is 1. The van der Waals surface area contributed by atoms with E-state index in [2.05, 4.69) is 0 Å². The van der Waals surface area contributed by atoms with Gasteiger partial charge in [-0.2, -0.15) is 0 Å². The van der Waals surface area contributed by atoms with Crippen LogP contribution in [0.2, 0.25) is 8.67 Å². The van der Waals surface area contributed by atoms with Gasteiger partial charge in [-0.1, -0.05) is 23.2 Å². The fraction of sp³-hybridized carbons (Fsp3) is 0.182. The van der Waals surface area contributed by atoms with Gasteiger partial charge < -0.3 is 10.5 Å². The van der Waals surface area contributed by atoms with Crippen LogP contribution in [0.3, 0.4) is 0 Å². The summed E-state index contributed by atoms with van der Waals surface area (Å²) < 4.78 is 6.11. The molecule has 0 fully saturated rings. The summed E-state index contributed by atoms with van der Waals surface area (Å²) in [5.74, 6) is -0.413. The lowest BCUT2D eigenvalue weighted by molar-refractivity contribution is 0.0533. The summed E-state index contributed by atoms with van der Waals surface area (Å²) in [6.07, 6.45) is 0. The zero-order valence-electron chi connectivity index (χ0n) is 9.33. The van der Waals surface area contributed by atoms with E-state index in [9.17, 15) is 4.79 Å². The van der Waals surface area contributed by atoms with Crippen LogP contribution in [-0.4, -0.2) is 12.6 Å². The first kappa shape index (κ1) is 13.7. The minimum absolute atomic E-state index is 0.316. The smallest absolute Gasteiger partial charge is 0.350 e. The molecule has 3 nitrogen and oxygen atoms in total. The second kappa shape index (κ2) is 5.48. The predicted octanol–water partition coefficient (Wildman–Crippen LogP) is 4.54. The number of nitrogens with two attached hydrogens (primary N) is 1. The van der Waals surface area contributed by atoms with Gasteiger partial charge >= 0.3 is 5.97 Å². The summed E-state index contributed by atoms with van der Waals surface area (Å²) in [7, 11) is 0. The molecule has 0 amide bonds. The summed E-state index contributed by atoms with van der Waals surface area (Å²) in [6.45, 7) is 2.06. The van der Waals surface area contributed by atoms with E-state index in [1.54, 1.807) is 19.1 Å². The Morgan fingerprint density at radius 3 is 2.67 bits per heavy atom. The van der Waals surface area contributed by atoms with Crippen LogP contribution in [0.25, 0.3) is 10.4 Å². The van der Waals surface area contributed by atoms with Gasteiger partial charge in [-0.05, 0) is 19.1 Å². The first-order valence-electron chi connectivity index (χ1n) is 5.04. The van der Waals surface area contributed by atoms with Crippen LogP contribution in [0, 0.1) is 0 Å². The van der Waals surface area contributed by atoms with E-state index in [0.29, 0.717) is 25.8 Å². The molecule has 2 heterocycles. The van der Waals surface area contributed by atoms with Gasteiger partial charge in [-0.25, -0.2) is 4.79 Å². The molecule has 0 aliphatic rings. The van der Waals surface area contributed by atoms with E-state index >= 15 is 0 Å². The Morgan fingerprint density at radius 1 is 1.39 bits per heavy atom. The van der Waals surface area contributed by atoms with Crippen molar-refractivity contribution in [2.75, 3.05) is 12.3 Å². The predicted molar refractivity (Wildman–Crippen MR) is 78.0 cm³/mol. The molecule has 0 bridgehead atoms. The number of nitrogen functional groups attached to an aromatic ring is 1. The Kier molecular flexibility index (Phi) is 4.17. The van der Waals surface area contributed by atoms with Crippen molar-refractivity contribution in [2.45, 2.75) is 6.92 Å². The number of esters is 1. The maximum Gasteiger partial charge on any atom is 0.350 e. The number of halogens is 2. The third kappa shape index (κ3) is 2.64. The monoisotopic (exact) mass is 321 g/mol. The molecule has 0 aromatic carbocycles. The minimum Gasteiger partial charge on any atom is -0.462 e. The second-order valence-corrected chi connectivity index (χ2v) is 6.69. The lowest BCUT2D eigenvalue weighted by Crippen LogP contribution is -2.04. The van der Waals surface area contributed by atoms with Gasteiger partial charge in [0.15, 0.2) is 0 Å². The van der Waals surface area contributed by atoms with Gasteiger partial charge in [0.2, 0.25) is 0 Å². The zero-order chi connectivity index (χ0) is 13.3. The minimum atomic E-state index is -0.413. The van der Waals surface area contributed by atoms with E-state index in [0.717, 1.165) is 10.4 Å². The van der Waals surface area contributed by atoms with Crippen molar-refractivity contribution in [3.05, 3.63) is 25.7 Å². The molecule has 0 aliphatic carbocycles. The number of hydrogen-bond donors (Lipinski definition) is 1. The lowest BCUT2D eigenvalue weighted by atomic mass is 10.2. The molecule has 0 atom stereocenters. The molecule has 0 spiro atoms. The van der Waals surface area contributed by atoms with Gasteiger partial charge in [0.1, 0.15) is 9.21 Å². The summed E-state index contributed by atoms with van der Waals surface area (Å²) in [5, 5.41) is 0. The summed E-state index contributed by atoms with van der Waals surface area (Å²) in [6, 6.07) is 3.47. The molecule has 0 aliphatic heterocycles. The van der Waals surface area contributed by atoms with Crippen LogP contribution in [0.15, 0.2) is 12.1 Å². The normalized spacial score (nSPS) is 10.6. The molecule has 0 radical (unpaired) electrons. The van der Waals surface area contributed by atoms with Crippen molar-refractivity contribution in [3.63, 3.8) is 0 Å². The lowest BCUT2D eigenvalue weighted by Gasteiger charge is -1.98. The highest BCUT2D eigenvalue weighted by atomic mass is 35.5. The standard InChI is InChI=1S/C11H9Cl2NO2S2/c1-2-16-11(15)9-6(14)4-7(17-9)5-3-8(12)18-10(5)13/h3-4H,2,14H2,1H3. The molecule has 2 aromatic heterocycles. The number of hydrogen-bond acceptors (Lipinski definition) is 5. The fourth-order valence-corrected chi connectivity index (χ4v) is 4.01. The first-order valence-corrected chi connectivity index (χ1v) is 7.43. The number of rotatable bonds is 3. The average molecular weight is 322 g/mol. The molecule has 2 rings (SSSR count). The highest BCUT2D eigenvalue weighted by Gasteiger charge is 2.18. The van der Waals surface area contributed by atoms with Gasteiger partial charge in [0.05, 0.1) is 16.6 Å². The fourth-order valence-electron chi connectivity index (χ4n) is 1.40. The second-order valence-electron chi connectivity index (χ2n) is 3.35.